The van der Waals surface area contributed by atoms with Gasteiger partial charge in [-0.05, 0) is 40.3 Å². The second-order valence-corrected chi connectivity index (χ2v) is 13.4. The normalized spacial score (nSPS) is 12.8. The van der Waals surface area contributed by atoms with Gasteiger partial charge in [0, 0.05) is 42.8 Å². The van der Waals surface area contributed by atoms with Crippen molar-refractivity contribution in [2.24, 2.45) is 4.99 Å². The van der Waals surface area contributed by atoms with Crippen LogP contribution in [-0.4, -0.2) is 82.3 Å². The molecular formula is C39H37F2N8O6+. The van der Waals surface area contributed by atoms with Crippen molar-refractivity contribution in [3.63, 3.8) is 0 Å². The number of nitro groups is 1. The monoisotopic (exact) mass is 751 g/mol. The fraction of sp³-hybridized carbons (Fsp3) is 0.231. The first-order valence-corrected chi connectivity index (χ1v) is 17.0. The number of rotatable bonds is 15. The number of ether oxygens (including phenoxy) is 2. The Morgan fingerprint density at radius 1 is 1.04 bits per heavy atom. The minimum Gasteiger partial charge on any atom is -0.494 e. The van der Waals surface area contributed by atoms with Crippen LogP contribution >= 0.6 is 0 Å². The summed E-state index contributed by atoms with van der Waals surface area (Å²) < 4.78 is 43.6. The number of halogens is 2. The molecule has 0 amide bonds. The topological polar surface area (TPSA) is 164 Å². The number of carbonyl (C=O) groups is 1. The van der Waals surface area contributed by atoms with Crippen LogP contribution in [0.1, 0.15) is 17.5 Å². The van der Waals surface area contributed by atoms with Crippen LogP contribution in [0.25, 0.3) is 22.0 Å². The third kappa shape index (κ3) is 8.60. The third-order valence-corrected chi connectivity index (χ3v) is 8.93. The number of ketones is 1. The molecule has 282 valence electrons. The quantitative estimate of drug-likeness (QED) is 0.0612. The molecule has 1 N–H and O–H groups in total. The lowest BCUT2D eigenvalue weighted by Gasteiger charge is -2.28. The Balaban J connectivity index is 1.31. The maximum Gasteiger partial charge on any atom is 0.368 e. The van der Waals surface area contributed by atoms with Gasteiger partial charge in [0.1, 0.15) is 30.7 Å². The van der Waals surface area contributed by atoms with Gasteiger partial charge in [-0.2, -0.15) is 0 Å². The van der Waals surface area contributed by atoms with Crippen molar-refractivity contribution in [1.29, 1.82) is 0 Å². The van der Waals surface area contributed by atoms with E-state index in [1.165, 1.54) is 49.7 Å². The van der Waals surface area contributed by atoms with Crippen LogP contribution in [0.4, 0.5) is 20.4 Å². The number of methoxy groups -OCH3 is 2. The van der Waals surface area contributed by atoms with E-state index in [0.29, 0.717) is 63.2 Å². The number of likely N-dealkylation sites (N-methyl/N-ethyl adjacent to an activating group) is 1. The van der Waals surface area contributed by atoms with E-state index in [1.807, 2.05) is 14.1 Å². The zero-order valence-electron chi connectivity index (χ0n) is 30.5. The van der Waals surface area contributed by atoms with Crippen LogP contribution in [0.3, 0.4) is 0 Å². The van der Waals surface area contributed by atoms with Gasteiger partial charge in [0.05, 0.1) is 63.6 Å². The van der Waals surface area contributed by atoms with Crippen molar-refractivity contribution in [2.75, 3.05) is 46.7 Å². The van der Waals surface area contributed by atoms with Crippen molar-refractivity contribution < 1.29 is 32.5 Å². The second kappa shape index (κ2) is 16.1. The van der Waals surface area contributed by atoms with E-state index >= 15 is 8.78 Å². The van der Waals surface area contributed by atoms with Crippen molar-refractivity contribution in [3.05, 3.63) is 134 Å². The SMILES string of the molecule is COc1cc(OC)c(F)c(-c2cc3cnc(Nc4ccncn4)cc3n(Cc3cccc(CC(=O)/C=C/C[N+](C)(C)CC4=C([N+](=O)[O-])N=CC4)c3)c2=O)c1F. The highest BCUT2D eigenvalue weighted by Crippen LogP contribution is 2.37. The summed E-state index contributed by atoms with van der Waals surface area (Å²) in [5.41, 5.74) is 0.786. The summed E-state index contributed by atoms with van der Waals surface area (Å²) in [7, 11) is 6.28. The van der Waals surface area contributed by atoms with Gasteiger partial charge in [-0.15, -0.1) is 0 Å². The summed E-state index contributed by atoms with van der Waals surface area (Å²) >= 11 is 0. The van der Waals surface area contributed by atoms with Gasteiger partial charge in [0.25, 0.3) is 5.56 Å². The first kappa shape index (κ1) is 38.1. The molecule has 0 bridgehead atoms. The maximum absolute atomic E-state index is 15.8. The van der Waals surface area contributed by atoms with Gasteiger partial charge in [-0.1, -0.05) is 29.3 Å². The zero-order chi connectivity index (χ0) is 39.3. The lowest BCUT2D eigenvalue weighted by atomic mass is 10.0. The average molecular weight is 752 g/mol. The van der Waals surface area contributed by atoms with E-state index in [2.05, 4.69) is 25.3 Å². The van der Waals surface area contributed by atoms with E-state index in [4.69, 9.17) is 9.47 Å². The summed E-state index contributed by atoms with van der Waals surface area (Å²) in [5.74, 6) is -2.22. The number of allylic oxidation sites excluding steroid dienone is 1. The zero-order valence-corrected chi connectivity index (χ0v) is 30.5. The van der Waals surface area contributed by atoms with Crippen molar-refractivity contribution in [3.8, 4) is 22.6 Å². The fourth-order valence-corrected chi connectivity index (χ4v) is 6.36. The van der Waals surface area contributed by atoms with Gasteiger partial charge < -0.3 is 34.0 Å². The predicted molar refractivity (Wildman–Crippen MR) is 202 cm³/mol. The Morgan fingerprint density at radius 2 is 1.78 bits per heavy atom. The van der Waals surface area contributed by atoms with Crippen LogP contribution < -0.4 is 20.3 Å². The number of nitrogens with zero attached hydrogens (tertiary/aromatic N) is 7. The number of quaternary nitrogens is 1. The van der Waals surface area contributed by atoms with Crippen molar-refractivity contribution in [2.45, 2.75) is 19.4 Å². The molecule has 3 aromatic heterocycles. The van der Waals surface area contributed by atoms with E-state index in [0.717, 1.165) is 6.07 Å². The molecule has 0 radical (unpaired) electrons. The Kier molecular flexibility index (Phi) is 11.2. The molecule has 1 aliphatic rings. The summed E-state index contributed by atoms with van der Waals surface area (Å²) in [4.78, 5) is 54.6. The van der Waals surface area contributed by atoms with Crippen LogP contribution in [-0.2, 0) is 17.8 Å². The third-order valence-electron chi connectivity index (χ3n) is 8.93. The number of hydrogen-bond donors (Lipinski definition) is 1. The molecule has 1 aliphatic heterocycles. The molecule has 0 aliphatic carbocycles. The summed E-state index contributed by atoms with van der Waals surface area (Å²) in [6, 6.07) is 12.8. The van der Waals surface area contributed by atoms with Crippen LogP contribution in [0.2, 0.25) is 0 Å². The Bertz CT molecular complexity index is 2420. The average Bonchev–Trinajstić information content (AvgIpc) is 3.62. The van der Waals surface area contributed by atoms with Gasteiger partial charge >= 0.3 is 5.82 Å². The number of hydrogen-bond acceptors (Lipinski definition) is 11. The molecule has 0 unspecified atom stereocenters. The largest absolute Gasteiger partial charge is 0.494 e. The Hall–Kier alpha value is -6.68. The minimum absolute atomic E-state index is 0.0281. The molecule has 16 heteroatoms. The summed E-state index contributed by atoms with van der Waals surface area (Å²) in [6.07, 6.45) is 9.66. The van der Waals surface area contributed by atoms with Crippen molar-refractivity contribution >= 4 is 34.5 Å². The number of anilines is 2. The van der Waals surface area contributed by atoms with Gasteiger partial charge in [0.15, 0.2) is 28.9 Å². The molecule has 0 saturated heterocycles. The predicted octanol–water partition coefficient (Wildman–Crippen LogP) is 5.65. The maximum atomic E-state index is 15.8. The van der Waals surface area contributed by atoms with Crippen LogP contribution in [0.15, 0.2) is 101 Å². The molecule has 55 heavy (non-hydrogen) atoms. The lowest BCUT2D eigenvalue weighted by molar-refractivity contribution is -0.880. The molecule has 4 heterocycles. The molecule has 14 nitrogen and oxygen atoms in total. The molecule has 2 aromatic carbocycles. The number of nitrogens with one attached hydrogen (secondary N) is 1. The van der Waals surface area contributed by atoms with E-state index in [1.54, 1.807) is 48.7 Å². The molecule has 0 atom stereocenters. The van der Waals surface area contributed by atoms with E-state index in [9.17, 15) is 19.7 Å². The summed E-state index contributed by atoms with van der Waals surface area (Å²) in [6.45, 7) is 0.834. The van der Waals surface area contributed by atoms with Crippen LogP contribution in [0, 0.1) is 21.7 Å². The standard InChI is InChI=1S/C39H36F2N8O6/c1-49(2,22-26-10-13-43-38(26)48(52)53)14-6-9-28(50)16-24-7-5-8-25(15-24)21-47-30-18-34(46-33-11-12-42-23-45-33)44-20-27(30)17-29(39(47)51)35-36(40)31(54-3)19-32(55-4)37(35)41/h5-9,11-13,15,17-20,23H,10,14,16,21-22H2,1-4H3/p+1/b9-6+. The smallest absolute Gasteiger partial charge is 0.368 e. The Morgan fingerprint density at radius 3 is 2.47 bits per heavy atom. The van der Waals surface area contributed by atoms with Crippen LogP contribution in [0.5, 0.6) is 11.5 Å². The number of aromatic nitrogens is 4. The molecule has 6 rings (SSSR count). The fourth-order valence-electron chi connectivity index (χ4n) is 6.36. The van der Waals surface area contributed by atoms with E-state index < -0.39 is 27.7 Å². The first-order chi connectivity index (χ1) is 26.4. The molecule has 5 aromatic rings. The highest BCUT2D eigenvalue weighted by Gasteiger charge is 2.28. The second-order valence-electron chi connectivity index (χ2n) is 13.4. The number of carbonyl (C=O) groups excluding carboxylic acids is 1. The number of fused-ring (bicyclic) bond motifs is 1. The summed E-state index contributed by atoms with van der Waals surface area (Å²) in [5, 5.41) is 14.8. The Labute approximate surface area is 313 Å². The molecular weight excluding hydrogens is 714 g/mol. The van der Waals surface area contributed by atoms with Gasteiger partial charge in [-0.3, -0.25) is 9.59 Å². The number of aliphatic imine (C=N–C) groups is 1. The van der Waals surface area contributed by atoms with Gasteiger partial charge in [0.2, 0.25) is 0 Å². The van der Waals surface area contributed by atoms with E-state index in [-0.39, 0.29) is 41.6 Å². The van der Waals surface area contributed by atoms with Gasteiger partial charge in [-0.25, -0.2) is 23.7 Å². The molecule has 0 spiro atoms. The number of pyridine rings is 2. The first-order valence-electron chi connectivity index (χ1n) is 17.0. The highest BCUT2D eigenvalue weighted by atomic mass is 19.1. The van der Waals surface area contributed by atoms with Crippen molar-refractivity contribution in [1.82, 2.24) is 19.5 Å². The molecule has 0 saturated carbocycles. The molecule has 0 fully saturated rings. The lowest BCUT2D eigenvalue weighted by Crippen LogP contribution is -2.41. The number of benzene rings is 2. The highest BCUT2D eigenvalue weighted by molar-refractivity contribution is 5.91. The minimum atomic E-state index is -1.07.